The molecule has 1 atom stereocenters. The Morgan fingerprint density at radius 1 is 0.925 bits per heavy atom. The lowest BCUT2D eigenvalue weighted by molar-refractivity contribution is -0.139. The lowest BCUT2D eigenvalue weighted by atomic mass is 10.1. The molecule has 10 heteroatoms. The number of carbonyl (C=O) groups excluding carboxylic acids is 2. The fourth-order valence-electron chi connectivity index (χ4n) is 4.06. The molecule has 0 radical (unpaired) electrons. The van der Waals surface area contributed by atoms with Gasteiger partial charge in [0, 0.05) is 23.1 Å². The number of sulfonamides is 1. The van der Waals surface area contributed by atoms with Gasteiger partial charge in [-0.3, -0.25) is 13.9 Å². The summed E-state index contributed by atoms with van der Waals surface area (Å²) in [4.78, 5) is 28.4. The normalized spacial score (nSPS) is 12.1. The first-order valence-corrected chi connectivity index (χ1v) is 15.2. The second kappa shape index (κ2) is 13.5. The Kier molecular flexibility index (Phi) is 10.6. The number of aryl methyl sites for hydroxylation is 3. The van der Waals surface area contributed by atoms with Crippen LogP contribution in [0, 0.1) is 20.8 Å². The van der Waals surface area contributed by atoms with E-state index in [4.69, 9.17) is 23.2 Å². The monoisotopic (exact) mass is 603 g/mol. The average molecular weight is 605 g/mol. The van der Waals surface area contributed by atoms with Gasteiger partial charge in [0.05, 0.1) is 10.6 Å². The van der Waals surface area contributed by atoms with Gasteiger partial charge in [0.15, 0.2) is 0 Å². The number of anilines is 1. The van der Waals surface area contributed by atoms with Crippen LogP contribution in [-0.4, -0.2) is 44.3 Å². The van der Waals surface area contributed by atoms with E-state index in [0.29, 0.717) is 27.8 Å². The van der Waals surface area contributed by atoms with Gasteiger partial charge < -0.3 is 10.2 Å². The van der Waals surface area contributed by atoms with Gasteiger partial charge in [0.2, 0.25) is 11.8 Å². The third kappa shape index (κ3) is 7.56. The molecule has 3 aromatic rings. The molecule has 0 saturated carbocycles. The molecule has 0 aliphatic heterocycles. The maximum atomic E-state index is 14.0. The van der Waals surface area contributed by atoms with Crippen LogP contribution in [0.1, 0.15) is 42.5 Å². The Labute approximate surface area is 247 Å². The summed E-state index contributed by atoms with van der Waals surface area (Å²) in [6.07, 6.45) is 0.727. The van der Waals surface area contributed by atoms with Crippen LogP contribution >= 0.6 is 23.2 Å². The molecule has 3 rings (SSSR count). The zero-order valence-electron chi connectivity index (χ0n) is 23.4. The number of amides is 2. The van der Waals surface area contributed by atoms with Gasteiger partial charge in [-0.1, -0.05) is 60.0 Å². The number of hydrogen-bond donors (Lipinski definition) is 1. The van der Waals surface area contributed by atoms with Crippen LogP contribution in [0.15, 0.2) is 65.6 Å². The van der Waals surface area contributed by atoms with E-state index in [1.165, 1.54) is 17.0 Å². The predicted molar refractivity (Wildman–Crippen MR) is 161 cm³/mol. The first-order valence-electron chi connectivity index (χ1n) is 13.0. The number of halogens is 2. The summed E-state index contributed by atoms with van der Waals surface area (Å²) < 4.78 is 29.0. The van der Waals surface area contributed by atoms with Crippen molar-refractivity contribution in [2.45, 2.75) is 58.5 Å². The van der Waals surface area contributed by atoms with Gasteiger partial charge in [0.25, 0.3) is 10.0 Å². The molecule has 40 heavy (non-hydrogen) atoms. The largest absolute Gasteiger partial charge is 0.354 e. The van der Waals surface area contributed by atoms with Crippen LogP contribution in [0.2, 0.25) is 10.0 Å². The Morgan fingerprint density at radius 3 is 2.20 bits per heavy atom. The smallest absolute Gasteiger partial charge is 0.264 e. The average Bonchev–Trinajstić information content (AvgIpc) is 2.91. The maximum absolute atomic E-state index is 14.0. The van der Waals surface area contributed by atoms with E-state index in [-0.39, 0.29) is 17.3 Å². The molecule has 1 unspecified atom stereocenters. The summed E-state index contributed by atoms with van der Waals surface area (Å²) in [6.45, 7) is 9.13. The fourth-order valence-corrected chi connectivity index (χ4v) is 5.93. The highest BCUT2D eigenvalue weighted by atomic mass is 35.5. The van der Waals surface area contributed by atoms with Crippen LogP contribution in [0.5, 0.6) is 0 Å². The van der Waals surface area contributed by atoms with Crippen LogP contribution in [0.3, 0.4) is 0 Å². The van der Waals surface area contributed by atoms with Crippen molar-refractivity contribution in [3.05, 3.63) is 93.0 Å². The highest BCUT2D eigenvalue weighted by Crippen LogP contribution is 2.28. The Morgan fingerprint density at radius 2 is 1.60 bits per heavy atom. The fraction of sp³-hybridized carbons (Fsp3) is 0.333. The lowest BCUT2D eigenvalue weighted by Crippen LogP contribution is -2.51. The number of hydrogen-bond acceptors (Lipinski definition) is 4. The number of carbonyl (C=O) groups is 2. The summed E-state index contributed by atoms with van der Waals surface area (Å²) >= 11 is 12.5. The van der Waals surface area contributed by atoms with Crippen LogP contribution in [0.25, 0.3) is 0 Å². The van der Waals surface area contributed by atoms with Gasteiger partial charge in [-0.25, -0.2) is 8.42 Å². The Balaban J connectivity index is 2.06. The molecule has 0 bridgehead atoms. The van der Waals surface area contributed by atoms with E-state index in [9.17, 15) is 18.0 Å². The number of nitrogens with zero attached hydrogens (tertiary/aromatic N) is 2. The maximum Gasteiger partial charge on any atom is 0.264 e. The molecule has 0 spiro atoms. The molecule has 0 aliphatic carbocycles. The van der Waals surface area contributed by atoms with Crippen LogP contribution in [0.4, 0.5) is 5.69 Å². The zero-order chi connectivity index (χ0) is 29.6. The second-order valence-electron chi connectivity index (χ2n) is 9.82. The summed E-state index contributed by atoms with van der Waals surface area (Å²) in [5, 5.41) is 3.59. The molecule has 7 nitrogen and oxygen atoms in total. The van der Waals surface area contributed by atoms with E-state index in [1.54, 1.807) is 49.4 Å². The van der Waals surface area contributed by atoms with E-state index in [1.807, 2.05) is 33.8 Å². The molecule has 2 amide bonds. The van der Waals surface area contributed by atoms with E-state index in [0.717, 1.165) is 27.4 Å². The van der Waals surface area contributed by atoms with Crippen molar-refractivity contribution in [1.82, 2.24) is 10.2 Å². The minimum absolute atomic E-state index is 0.0130. The Bertz CT molecular complexity index is 1480. The first kappa shape index (κ1) is 31.5. The molecule has 0 fully saturated rings. The van der Waals surface area contributed by atoms with Gasteiger partial charge >= 0.3 is 0 Å². The summed E-state index contributed by atoms with van der Waals surface area (Å²) in [7, 11) is -4.13. The molecule has 214 valence electrons. The van der Waals surface area contributed by atoms with Crippen molar-refractivity contribution < 1.29 is 18.0 Å². The van der Waals surface area contributed by atoms with Crippen molar-refractivity contribution in [3.63, 3.8) is 0 Å². The number of nitrogens with one attached hydrogen (secondary N) is 1. The molecule has 0 aromatic heterocycles. The number of rotatable bonds is 11. The minimum Gasteiger partial charge on any atom is -0.354 e. The number of benzene rings is 3. The molecule has 0 saturated heterocycles. The van der Waals surface area contributed by atoms with Crippen molar-refractivity contribution in [3.8, 4) is 0 Å². The van der Waals surface area contributed by atoms with E-state index < -0.39 is 28.5 Å². The predicted octanol–water partition coefficient (Wildman–Crippen LogP) is 6.06. The van der Waals surface area contributed by atoms with Crippen LogP contribution in [-0.2, 0) is 26.2 Å². The quantitative estimate of drug-likeness (QED) is 0.289. The SMILES string of the molecule is CCCNC(=O)C(C)N(Cc1ccc(Cl)cc1Cl)C(=O)CN(c1ccc(C)c(C)c1)S(=O)(=O)c1ccc(C)cc1. The third-order valence-electron chi connectivity index (χ3n) is 6.74. The van der Waals surface area contributed by atoms with Crippen molar-refractivity contribution in [2.75, 3.05) is 17.4 Å². The molecule has 0 heterocycles. The Hall–Kier alpha value is -3.07. The summed E-state index contributed by atoms with van der Waals surface area (Å²) in [5.74, 6) is -0.904. The third-order valence-corrected chi connectivity index (χ3v) is 9.11. The highest BCUT2D eigenvalue weighted by molar-refractivity contribution is 7.92. The van der Waals surface area contributed by atoms with Crippen molar-refractivity contribution in [1.29, 1.82) is 0 Å². The van der Waals surface area contributed by atoms with Gasteiger partial charge in [-0.05, 0) is 87.2 Å². The standard InChI is InChI=1S/C30H35Cl2N3O4S/c1-6-15-33-30(37)23(5)34(18-24-10-11-25(31)17-28(24)32)29(36)19-35(26-12-9-21(3)22(4)16-26)40(38,39)27-13-7-20(2)8-14-27/h7-14,16-17,23H,6,15,18-19H2,1-5H3,(H,33,37). The molecular formula is C30H35Cl2N3O4S. The summed E-state index contributed by atoms with van der Waals surface area (Å²) in [5.41, 5.74) is 3.71. The van der Waals surface area contributed by atoms with Crippen LogP contribution < -0.4 is 9.62 Å². The lowest BCUT2D eigenvalue weighted by Gasteiger charge is -2.32. The molecule has 1 N–H and O–H groups in total. The minimum atomic E-state index is -4.13. The van der Waals surface area contributed by atoms with Crippen molar-refractivity contribution >= 4 is 50.7 Å². The highest BCUT2D eigenvalue weighted by Gasteiger charge is 2.33. The van der Waals surface area contributed by atoms with Crippen molar-refractivity contribution in [2.24, 2.45) is 0 Å². The summed E-state index contributed by atoms with van der Waals surface area (Å²) in [6, 6.07) is 15.7. The topological polar surface area (TPSA) is 86.8 Å². The first-order chi connectivity index (χ1) is 18.8. The second-order valence-corrected chi connectivity index (χ2v) is 12.5. The molecule has 0 aliphatic rings. The van der Waals surface area contributed by atoms with Gasteiger partial charge in [-0.2, -0.15) is 0 Å². The molecular weight excluding hydrogens is 569 g/mol. The molecule has 3 aromatic carbocycles. The van der Waals surface area contributed by atoms with Gasteiger partial charge in [0.1, 0.15) is 12.6 Å². The van der Waals surface area contributed by atoms with E-state index in [2.05, 4.69) is 5.32 Å². The van der Waals surface area contributed by atoms with E-state index >= 15 is 0 Å². The zero-order valence-corrected chi connectivity index (χ0v) is 25.7. The van der Waals surface area contributed by atoms with Gasteiger partial charge in [-0.15, -0.1) is 0 Å².